The summed E-state index contributed by atoms with van der Waals surface area (Å²) in [6.07, 6.45) is 0.428. The van der Waals surface area contributed by atoms with E-state index in [0.717, 1.165) is 0 Å². The zero-order valence-electron chi connectivity index (χ0n) is 10.9. The minimum atomic E-state index is -3.06. The van der Waals surface area contributed by atoms with Gasteiger partial charge in [0.15, 0.2) is 9.84 Å². The predicted molar refractivity (Wildman–Crippen MR) is 72.2 cm³/mol. The maximum Gasteiger partial charge on any atom is 0.269 e. The molecule has 0 saturated carbocycles. The average molecular weight is 298 g/mol. The van der Waals surface area contributed by atoms with E-state index in [9.17, 15) is 23.3 Å². The van der Waals surface area contributed by atoms with E-state index in [1.54, 1.807) is 7.05 Å². The highest BCUT2D eigenvalue weighted by atomic mass is 32.2. The zero-order valence-corrected chi connectivity index (χ0v) is 11.7. The van der Waals surface area contributed by atoms with Crippen molar-refractivity contribution in [1.82, 2.24) is 4.90 Å². The molecule has 1 heterocycles. The van der Waals surface area contributed by atoms with Gasteiger partial charge in [0.2, 0.25) is 0 Å². The number of nitrogens with zero attached hydrogens (tertiary/aromatic N) is 2. The van der Waals surface area contributed by atoms with E-state index in [1.165, 1.54) is 29.2 Å². The summed E-state index contributed by atoms with van der Waals surface area (Å²) in [5, 5.41) is 10.5. The summed E-state index contributed by atoms with van der Waals surface area (Å²) >= 11 is 0. The molecule has 0 spiro atoms. The molecular formula is C12H14N2O5S. The van der Waals surface area contributed by atoms with Crippen molar-refractivity contribution in [2.45, 2.75) is 12.5 Å². The summed E-state index contributed by atoms with van der Waals surface area (Å²) < 4.78 is 22.8. The monoisotopic (exact) mass is 298 g/mol. The third kappa shape index (κ3) is 2.96. The van der Waals surface area contributed by atoms with E-state index in [0.29, 0.717) is 12.0 Å². The third-order valence-electron chi connectivity index (χ3n) is 3.40. The molecule has 1 aliphatic rings. The molecule has 1 aromatic carbocycles. The van der Waals surface area contributed by atoms with E-state index in [-0.39, 0.29) is 29.1 Å². The first-order chi connectivity index (χ1) is 9.30. The van der Waals surface area contributed by atoms with E-state index in [4.69, 9.17) is 0 Å². The molecule has 2 rings (SSSR count). The number of sulfone groups is 1. The first kappa shape index (κ1) is 14.4. The molecule has 1 saturated heterocycles. The quantitative estimate of drug-likeness (QED) is 0.608. The number of hydrogen-bond donors (Lipinski definition) is 0. The highest BCUT2D eigenvalue weighted by molar-refractivity contribution is 7.91. The van der Waals surface area contributed by atoms with Crippen molar-refractivity contribution in [2.24, 2.45) is 0 Å². The Bertz CT molecular complexity index is 638. The number of hydrogen-bond acceptors (Lipinski definition) is 5. The second-order valence-corrected chi connectivity index (χ2v) is 7.01. The summed E-state index contributed by atoms with van der Waals surface area (Å²) in [5.74, 6) is -0.264. The summed E-state index contributed by atoms with van der Waals surface area (Å²) in [5.41, 5.74) is 0.218. The van der Waals surface area contributed by atoms with Gasteiger partial charge >= 0.3 is 0 Å². The first-order valence-corrected chi connectivity index (χ1v) is 7.84. The molecule has 8 heteroatoms. The van der Waals surface area contributed by atoms with Crippen LogP contribution in [0.3, 0.4) is 0 Å². The van der Waals surface area contributed by atoms with Crippen LogP contribution >= 0.6 is 0 Å². The van der Waals surface area contributed by atoms with Crippen LogP contribution in [0.1, 0.15) is 16.8 Å². The van der Waals surface area contributed by atoms with Gasteiger partial charge in [-0.3, -0.25) is 14.9 Å². The van der Waals surface area contributed by atoms with Gasteiger partial charge in [0, 0.05) is 30.8 Å². The number of amides is 1. The van der Waals surface area contributed by atoms with Gasteiger partial charge in [-0.15, -0.1) is 0 Å². The van der Waals surface area contributed by atoms with Crippen molar-refractivity contribution in [2.75, 3.05) is 18.6 Å². The molecule has 0 radical (unpaired) electrons. The van der Waals surface area contributed by atoms with Gasteiger partial charge in [0.05, 0.1) is 16.4 Å². The lowest BCUT2D eigenvalue weighted by Gasteiger charge is -2.23. The lowest BCUT2D eigenvalue weighted by Crippen LogP contribution is -2.37. The Balaban J connectivity index is 2.13. The number of benzene rings is 1. The Labute approximate surface area is 116 Å². The fourth-order valence-corrected chi connectivity index (χ4v) is 3.95. The number of carbonyl (C=O) groups excluding carboxylic acids is 1. The maximum atomic E-state index is 12.2. The highest BCUT2D eigenvalue weighted by Gasteiger charge is 2.33. The number of nitro groups is 1. The average Bonchev–Trinajstić information content (AvgIpc) is 2.77. The molecule has 20 heavy (non-hydrogen) atoms. The van der Waals surface area contributed by atoms with E-state index in [1.807, 2.05) is 0 Å². The summed E-state index contributed by atoms with van der Waals surface area (Å²) in [7, 11) is -1.51. The molecule has 108 valence electrons. The molecular weight excluding hydrogens is 284 g/mol. The first-order valence-electron chi connectivity index (χ1n) is 6.02. The second-order valence-electron chi connectivity index (χ2n) is 4.78. The van der Waals surface area contributed by atoms with Crippen LogP contribution in [0.5, 0.6) is 0 Å². The lowest BCUT2D eigenvalue weighted by atomic mass is 10.1. The van der Waals surface area contributed by atoms with Crippen molar-refractivity contribution >= 4 is 21.4 Å². The van der Waals surface area contributed by atoms with E-state index >= 15 is 0 Å². The molecule has 1 atom stereocenters. The zero-order chi connectivity index (χ0) is 14.9. The fraction of sp³-hybridized carbons (Fsp3) is 0.417. The van der Waals surface area contributed by atoms with E-state index in [2.05, 4.69) is 0 Å². The number of carbonyl (C=O) groups is 1. The van der Waals surface area contributed by atoms with Gasteiger partial charge < -0.3 is 4.90 Å². The van der Waals surface area contributed by atoms with Crippen molar-refractivity contribution in [3.8, 4) is 0 Å². The van der Waals surface area contributed by atoms with Crippen LogP contribution in [-0.4, -0.2) is 48.7 Å². The van der Waals surface area contributed by atoms with Crippen molar-refractivity contribution in [3.05, 3.63) is 39.9 Å². The minimum Gasteiger partial charge on any atom is -0.338 e. The number of rotatable bonds is 3. The van der Waals surface area contributed by atoms with Crippen molar-refractivity contribution in [1.29, 1.82) is 0 Å². The van der Waals surface area contributed by atoms with Gasteiger partial charge in [0.1, 0.15) is 0 Å². The van der Waals surface area contributed by atoms with Crippen LogP contribution in [0.15, 0.2) is 24.3 Å². The Morgan fingerprint density at radius 1 is 1.35 bits per heavy atom. The fourth-order valence-electron chi connectivity index (χ4n) is 2.18. The van der Waals surface area contributed by atoms with Gasteiger partial charge in [-0.2, -0.15) is 0 Å². The molecule has 1 fully saturated rings. The summed E-state index contributed by atoms with van der Waals surface area (Å²) in [6.45, 7) is 0. The Morgan fingerprint density at radius 2 is 1.95 bits per heavy atom. The van der Waals surface area contributed by atoms with Crippen LogP contribution < -0.4 is 0 Å². The Morgan fingerprint density at radius 3 is 2.40 bits per heavy atom. The topological polar surface area (TPSA) is 97.6 Å². The van der Waals surface area contributed by atoms with Crippen LogP contribution in [0, 0.1) is 10.1 Å². The van der Waals surface area contributed by atoms with Gasteiger partial charge in [0.25, 0.3) is 11.6 Å². The highest BCUT2D eigenvalue weighted by Crippen LogP contribution is 2.19. The van der Waals surface area contributed by atoms with Crippen LogP contribution in [0.2, 0.25) is 0 Å². The van der Waals surface area contributed by atoms with Gasteiger partial charge in [-0.1, -0.05) is 0 Å². The lowest BCUT2D eigenvalue weighted by molar-refractivity contribution is -0.384. The van der Waals surface area contributed by atoms with Crippen molar-refractivity contribution in [3.63, 3.8) is 0 Å². The molecule has 0 unspecified atom stereocenters. The maximum absolute atomic E-state index is 12.2. The van der Waals surface area contributed by atoms with Crippen molar-refractivity contribution < 1.29 is 18.1 Å². The minimum absolute atomic E-state index is 0.0256. The molecule has 1 aliphatic heterocycles. The predicted octanol–water partition coefficient (Wildman–Crippen LogP) is 0.854. The SMILES string of the molecule is CN(C(=O)c1ccc([N+](=O)[O-])cc1)[C@@H]1CCS(=O)(=O)C1. The second kappa shape index (κ2) is 5.20. The Kier molecular flexibility index (Phi) is 3.76. The normalized spacial score (nSPS) is 20.6. The molecule has 0 N–H and O–H groups in total. The largest absolute Gasteiger partial charge is 0.338 e. The third-order valence-corrected chi connectivity index (χ3v) is 5.15. The number of non-ortho nitro benzene ring substituents is 1. The Hall–Kier alpha value is -1.96. The standard InChI is InChI=1S/C12H14N2O5S/c1-13(11-6-7-20(18,19)8-11)12(15)9-2-4-10(5-3-9)14(16)17/h2-5,11H,6-8H2,1H3/t11-/m1/s1. The molecule has 0 aromatic heterocycles. The molecule has 7 nitrogen and oxygen atoms in total. The van der Waals surface area contributed by atoms with E-state index < -0.39 is 14.8 Å². The molecule has 1 aromatic rings. The molecule has 1 amide bonds. The van der Waals surface area contributed by atoms with Crippen LogP contribution in [0.4, 0.5) is 5.69 Å². The van der Waals surface area contributed by atoms with Gasteiger partial charge in [-0.25, -0.2) is 8.42 Å². The summed E-state index contributed by atoms with van der Waals surface area (Å²) in [6, 6.07) is 4.93. The molecule has 0 aliphatic carbocycles. The van der Waals surface area contributed by atoms with Crippen LogP contribution in [0.25, 0.3) is 0 Å². The van der Waals surface area contributed by atoms with Gasteiger partial charge in [-0.05, 0) is 18.6 Å². The smallest absolute Gasteiger partial charge is 0.269 e. The van der Waals surface area contributed by atoms with Crippen LogP contribution in [-0.2, 0) is 9.84 Å². The molecule has 0 bridgehead atoms. The number of nitro benzene ring substituents is 1. The summed E-state index contributed by atoms with van der Waals surface area (Å²) in [4.78, 5) is 23.6.